The predicted octanol–water partition coefficient (Wildman–Crippen LogP) is 7.26. The monoisotopic (exact) mass is 536 g/mol. The molecule has 2 aromatic heterocycles. The van der Waals surface area contributed by atoms with E-state index in [-0.39, 0.29) is 5.41 Å². The molecule has 3 aromatic carbocycles. The molecule has 3 heterocycles. The predicted molar refractivity (Wildman–Crippen MR) is 162 cm³/mol. The van der Waals surface area contributed by atoms with E-state index in [1.165, 1.54) is 25.9 Å². The van der Waals surface area contributed by atoms with E-state index in [2.05, 4.69) is 108 Å². The van der Waals surface area contributed by atoms with Crippen LogP contribution in [0, 0.1) is 11.3 Å². The number of benzene rings is 3. The Hall–Kier alpha value is -3.71. The van der Waals surface area contributed by atoms with Gasteiger partial charge in [0.25, 0.3) is 0 Å². The number of aromatic amines is 2. The third kappa shape index (κ3) is 5.61. The number of hydrogen-bond donors (Lipinski definition) is 2. The lowest BCUT2D eigenvalue weighted by Gasteiger charge is -2.30. The molecular formula is C33H40N6O. The van der Waals surface area contributed by atoms with Crippen LogP contribution in [0.25, 0.3) is 44.3 Å². The smallest absolute Gasteiger partial charge is 0.181 e. The van der Waals surface area contributed by atoms with Crippen LogP contribution in [-0.4, -0.2) is 56.0 Å². The number of likely N-dealkylation sites (tertiary alicyclic amines) is 1. The minimum absolute atomic E-state index is 0.144. The maximum absolute atomic E-state index is 6.32. The summed E-state index contributed by atoms with van der Waals surface area (Å²) in [5.74, 6) is 3.12. The lowest BCUT2D eigenvalue weighted by atomic mass is 9.92. The van der Waals surface area contributed by atoms with E-state index in [4.69, 9.17) is 9.72 Å². The number of nitrogens with zero attached hydrogens (tertiary/aromatic N) is 4. The number of rotatable bonds is 8. The molecule has 0 spiro atoms. The van der Waals surface area contributed by atoms with E-state index in [1.807, 2.05) is 6.07 Å². The quantitative estimate of drug-likeness (QED) is 0.218. The summed E-state index contributed by atoms with van der Waals surface area (Å²) in [6.45, 7) is 14.3. The zero-order chi connectivity index (χ0) is 27.9. The number of fused-ring (bicyclic) bond motifs is 2. The Morgan fingerprint density at radius 1 is 0.875 bits per heavy atom. The molecule has 0 unspecified atom stereocenters. The summed E-state index contributed by atoms with van der Waals surface area (Å²) < 4.78 is 6.32. The van der Waals surface area contributed by atoms with Gasteiger partial charge >= 0.3 is 0 Å². The van der Waals surface area contributed by atoms with Crippen LogP contribution in [-0.2, 0) is 6.42 Å². The first-order valence-corrected chi connectivity index (χ1v) is 14.5. The minimum Gasteiger partial charge on any atom is -0.492 e. The van der Waals surface area contributed by atoms with Crippen molar-refractivity contribution in [2.45, 2.75) is 59.9 Å². The van der Waals surface area contributed by atoms with Crippen molar-refractivity contribution in [3.8, 4) is 28.4 Å². The summed E-state index contributed by atoms with van der Waals surface area (Å²) in [6.07, 6.45) is 3.44. The van der Waals surface area contributed by atoms with E-state index in [9.17, 15) is 0 Å². The summed E-state index contributed by atoms with van der Waals surface area (Å²) in [7, 11) is 0. The molecule has 0 radical (unpaired) electrons. The Kier molecular flexibility index (Phi) is 7.09. The molecule has 1 aliphatic heterocycles. The van der Waals surface area contributed by atoms with Crippen LogP contribution in [0.15, 0.2) is 54.6 Å². The standard InChI is InChI=1S/C33H40N6O/c1-21(2)29(39-14-6-7-15-39)20-40-26-12-10-22-16-24(9-8-23(22)17-26)31-27-18-25(11-13-28(27)35-37-31)32-34-30(36-38-32)19-33(3,4)5/h8-13,16-18,21,29H,6-7,14-15,19-20H2,1-5H3,(H,35,37)(H,34,36,38)/t29-/m1/s1. The lowest BCUT2D eigenvalue weighted by molar-refractivity contribution is 0.124. The van der Waals surface area contributed by atoms with E-state index < -0.39 is 0 Å². The molecule has 6 rings (SSSR count). The van der Waals surface area contributed by atoms with Crippen LogP contribution in [0.4, 0.5) is 0 Å². The summed E-state index contributed by atoms with van der Waals surface area (Å²) in [6, 6.07) is 19.6. The Balaban J connectivity index is 1.23. The van der Waals surface area contributed by atoms with Crippen LogP contribution in [0.3, 0.4) is 0 Å². The van der Waals surface area contributed by atoms with Gasteiger partial charge in [0.2, 0.25) is 0 Å². The Labute approximate surface area is 236 Å². The van der Waals surface area contributed by atoms with Crippen molar-refractivity contribution in [2.24, 2.45) is 11.3 Å². The first-order chi connectivity index (χ1) is 19.2. The first kappa shape index (κ1) is 26.5. The molecule has 208 valence electrons. The molecule has 0 saturated carbocycles. The number of aromatic nitrogens is 5. The first-order valence-electron chi connectivity index (χ1n) is 14.5. The molecule has 5 aromatic rings. The van der Waals surface area contributed by atoms with Gasteiger partial charge in [-0.05, 0) is 84.4 Å². The zero-order valence-electron chi connectivity index (χ0n) is 24.3. The highest BCUT2D eigenvalue weighted by atomic mass is 16.5. The molecule has 2 N–H and O–H groups in total. The van der Waals surface area contributed by atoms with E-state index in [0.29, 0.717) is 17.8 Å². The van der Waals surface area contributed by atoms with Gasteiger partial charge in [0.1, 0.15) is 18.2 Å². The second kappa shape index (κ2) is 10.7. The lowest BCUT2D eigenvalue weighted by Crippen LogP contribution is -2.41. The highest BCUT2D eigenvalue weighted by Crippen LogP contribution is 2.33. The van der Waals surface area contributed by atoms with Crippen LogP contribution >= 0.6 is 0 Å². The van der Waals surface area contributed by atoms with Crippen molar-refractivity contribution < 1.29 is 4.74 Å². The van der Waals surface area contributed by atoms with Crippen molar-refractivity contribution in [3.63, 3.8) is 0 Å². The van der Waals surface area contributed by atoms with E-state index in [1.54, 1.807) is 0 Å². The summed E-state index contributed by atoms with van der Waals surface area (Å²) >= 11 is 0. The topological polar surface area (TPSA) is 82.7 Å². The Morgan fingerprint density at radius 3 is 2.40 bits per heavy atom. The van der Waals surface area contributed by atoms with Gasteiger partial charge in [-0.25, -0.2) is 4.98 Å². The number of nitrogens with one attached hydrogen (secondary N) is 2. The second-order valence-corrected chi connectivity index (χ2v) is 12.8. The third-order valence-electron chi connectivity index (χ3n) is 7.94. The number of H-pyrrole nitrogens is 2. The molecule has 1 fully saturated rings. The molecule has 1 atom stereocenters. The average molecular weight is 537 g/mol. The van der Waals surface area contributed by atoms with Crippen LogP contribution < -0.4 is 4.74 Å². The molecule has 0 aliphatic carbocycles. The Morgan fingerprint density at radius 2 is 1.62 bits per heavy atom. The van der Waals surface area contributed by atoms with Gasteiger partial charge in [-0.2, -0.15) is 10.2 Å². The molecular weight excluding hydrogens is 496 g/mol. The summed E-state index contributed by atoms with van der Waals surface area (Å²) in [5, 5.41) is 18.9. The third-order valence-corrected chi connectivity index (χ3v) is 7.94. The van der Waals surface area contributed by atoms with Crippen molar-refractivity contribution in [2.75, 3.05) is 19.7 Å². The largest absolute Gasteiger partial charge is 0.492 e. The molecule has 7 heteroatoms. The fourth-order valence-corrected chi connectivity index (χ4v) is 5.81. The van der Waals surface area contributed by atoms with Crippen LogP contribution in [0.1, 0.15) is 53.3 Å². The maximum Gasteiger partial charge on any atom is 0.181 e. The van der Waals surface area contributed by atoms with E-state index in [0.717, 1.165) is 63.1 Å². The molecule has 1 aliphatic rings. The van der Waals surface area contributed by atoms with Crippen LogP contribution in [0.5, 0.6) is 5.75 Å². The van der Waals surface area contributed by atoms with Crippen molar-refractivity contribution in [3.05, 3.63) is 60.4 Å². The normalized spacial score (nSPS) is 15.4. The van der Waals surface area contributed by atoms with Gasteiger partial charge in [-0.1, -0.05) is 52.8 Å². The van der Waals surface area contributed by atoms with Crippen molar-refractivity contribution in [1.29, 1.82) is 0 Å². The molecule has 1 saturated heterocycles. The maximum atomic E-state index is 6.32. The zero-order valence-corrected chi connectivity index (χ0v) is 24.3. The molecule has 7 nitrogen and oxygen atoms in total. The summed E-state index contributed by atoms with van der Waals surface area (Å²) in [4.78, 5) is 7.34. The van der Waals surface area contributed by atoms with Crippen molar-refractivity contribution >= 4 is 21.7 Å². The van der Waals surface area contributed by atoms with Gasteiger partial charge in [0.05, 0.1) is 11.2 Å². The highest BCUT2D eigenvalue weighted by Gasteiger charge is 2.25. The van der Waals surface area contributed by atoms with Crippen molar-refractivity contribution in [1.82, 2.24) is 30.3 Å². The highest BCUT2D eigenvalue weighted by molar-refractivity contribution is 5.97. The second-order valence-electron chi connectivity index (χ2n) is 12.8. The summed E-state index contributed by atoms with van der Waals surface area (Å²) in [5.41, 5.74) is 4.11. The fraction of sp³-hybridized carbons (Fsp3) is 0.424. The number of ether oxygens (including phenoxy) is 1. The fourth-order valence-electron chi connectivity index (χ4n) is 5.81. The van der Waals surface area contributed by atoms with E-state index >= 15 is 0 Å². The Bertz CT molecular complexity index is 1620. The average Bonchev–Trinajstić information content (AvgIpc) is 3.68. The van der Waals surface area contributed by atoms with Crippen LogP contribution in [0.2, 0.25) is 0 Å². The molecule has 40 heavy (non-hydrogen) atoms. The SMILES string of the molecule is CC(C)[C@@H](COc1ccc2cc(-c3n[nH]c4ccc(-c5n[nH]c(CC(C)(C)C)n5)cc34)ccc2c1)N1CCCC1. The van der Waals surface area contributed by atoms with Gasteiger partial charge in [-0.15, -0.1) is 0 Å². The van der Waals surface area contributed by atoms with Gasteiger partial charge in [-0.3, -0.25) is 15.1 Å². The molecule has 0 amide bonds. The van der Waals surface area contributed by atoms with Gasteiger partial charge < -0.3 is 4.74 Å². The molecule has 0 bridgehead atoms. The van der Waals surface area contributed by atoms with Gasteiger partial charge in [0.15, 0.2) is 5.82 Å². The minimum atomic E-state index is 0.144. The van der Waals surface area contributed by atoms with Gasteiger partial charge in [0, 0.05) is 29.0 Å². The number of hydrogen-bond acceptors (Lipinski definition) is 5.